The van der Waals surface area contributed by atoms with Crippen LogP contribution in [0.15, 0.2) is 53.4 Å². The summed E-state index contributed by atoms with van der Waals surface area (Å²) < 4.78 is 41.4. The van der Waals surface area contributed by atoms with E-state index in [-0.39, 0.29) is 34.6 Å². The molecule has 0 unspecified atom stereocenters. The number of amides is 1. The minimum atomic E-state index is -3.62. The van der Waals surface area contributed by atoms with Crippen LogP contribution >= 0.6 is 0 Å². The van der Waals surface area contributed by atoms with Crippen LogP contribution in [0.3, 0.4) is 0 Å². The van der Waals surface area contributed by atoms with Gasteiger partial charge in [-0.05, 0) is 87.4 Å². The molecule has 7 heteroatoms. The monoisotopic (exact) mass is 468 g/mol. The lowest BCUT2D eigenvalue weighted by molar-refractivity contribution is -0.126. The van der Waals surface area contributed by atoms with Crippen LogP contribution in [0, 0.1) is 29.5 Å². The molecule has 0 heterocycles. The van der Waals surface area contributed by atoms with E-state index in [1.807, 2.05) is 6.92 Å². The first-order valence-electron chi connectivity index (χ1n) is 11.5. The lowest BCUT2D eigenvalue weighted by Gasteiger charge is -2.29. The zero-order valence-electron chi connectivity index (χ0n) is 18.7. The maximum absolute atomic E-state index is 13.1. The van der Waals surface area contributed by atoms with Gasteiger partial charge in [0.15, 0.2) is 0 Å². The number of hydrogen-bond acceptors (Lipinski definition) is 3. The van der Waals surface area contributed by atoms with Gasteiger partial charge in [-0.2, -0.15) is 0 Å². The number of rotatable bonds is 6. The molecule has 2 aliphatic rings. The predicted molar refractivity (Wildman–Crippen MR) is 125 cm³/mol. The molecular formula is C26H29FN2O3S. The van der Waals surface area contributed by atoms with E-state index in [2.05, 4.69) is 21.9 Å². The number of carbonyl (C=O) groups is 1. The molecule has 174 valence electrons. The summed E-state index contributed by atoms with van der Waals surface area (Å²) in [7, 11) is -3.62. The number of hydrogen-bond donors (Lipinski definition) is 2. The molecule has 4 rings (SSSR count). The average molecular weight is 469 g/mol. The van der Waals surface area contributed by atoms with Gasteiger partial charge in [-0.1, -0.05) is 24.0 Å². The Kier molecular flexibility index (Phi) is 7.16. The zero-order chi connectivity index (χ0) is 23.4. The highest BCUT2D eigenvalue weighted by molar-refractivity contribution is 7.89. The summed E-state index contributed by atoms with van der Waals surface area (Å²) in [4.78, 5) is 12.9. The minimum Gasteiger partial charge on any atom is -0.349 e. The number of sulfonamides is 1. The Bertz CT molecular complexity index is 1140. The van der Waals surface area contributed by atoms with Crippen LogP contribution in [0.4, 0.5) is 4.39 Å². The summed E-state index contributed by atoms with van der Waals surface area (Å²) >= 11 is 0. The van der Waals surface area contributed by atoms with Gasteiger partial charge in [0.05, 0.1) is 10.9 Å². The summed E-state index contributed by atoms with van der Waals surface area (Å²) in [5.74, 6) is 6.25. The third-order valence-electron chi connectivity index (χ3n) is 6.31. The number of carbonyl (C=O) groups excluding carboxylic acids is 1. The van der Waals surface area contributed by atoms with Gasteiger partial charge in [-0.25, -0.2) is 17.5 Å². The standard InChI is InChI=1S/C26H29FN2O3S/c1-18(21-8-12-23(27)13-9-21)28-26(30)22-10-14-24(15-11-22)29-33(31,32)25-16-6-20(7-17-25)5-4-19-2-3-19/h6-9,12-13,16-19,22,24,29H,2-3,10-11,14-15H2,1H3,(H,28,30)/t18-,22?,24?/m1/s1. The van der Waals surface area contributed by atoms with E-state index in [0.717, 1.165) is 24.0 Å². The van der Waals surface area contributed by atoms with Gasteiger partial charge in [0.25, 0.3) is 0 Å². The summed E-state index contributed by atoms with van der Waals surface area (Å²) in [6.07, 6.45) is 4.75. The Morgan fingerprint density at radius 2 is 1.61 bits per heavy atom. The van der Waals surface area contributed by atoms with Crippen LogP contribution in [-0.4, -0.2) is 20.4 Å². The zero-order valence-corrected chi connectivity index (χ0v) is 19.5. The number of nitrogens with one attached hydrogen (secondary N) is 2. The second-order valence-electron chi connectivity index (χ2n) is 9.02. The van der Waals surface area contributed by atoms with Gasteiger partial charge in [-0.3, -0.25) is 4.79 Å². The Balaban J connectivity index is 1.27. The largest absolute Gasteiger partial charge is 0.349 e. The third-order valence-corrected chi connectivity index (χ3v) is 7.85. The molecule has 2 aromatic rings. The molecule has 0 bridgehead atoms. The van der Waals surface area contributed by atoms with E-state index in [1.54, 1.807) is 36.4 Å². The molecule has 1 atom stereocenters. The van der Waals surface area contributed by atoms with E-state index in [0.29, 0.717) is 31.6 Å². The fourth-order valence-corrected chi connectivity index (χ4v) is 5.36. The first-order valence-corrected chi connectivity index (χ1v) is 13.0. The predicted octanol–water partition coefficient (Wildman–Crippen LogP) is 4.30. The molecule has 1 amide bonds. The van der Waals surface area contributed by atoms with E-state index in [1.165, 1.54) is 12.1 Å². The molecule has 33 heavy (non-hydrogen) atoms. The van der Waals surface area contributed by atoms with Crippen molar-refractivity contribution in [3.63, 3.8) is 0 Å². The van der Waals surface area contributed by atoms with Gasteiger partial charge in [0.2, 0.25) is 15.9 Å². The van der Waals surface area contributed by atoms with Crippen LogP contribution in [0.5, 0.6) is 0 Å². The molecule has 2 aromatic carbocycles. The highest BCUT2D eigenvalue weighted by Crippen LogP contribution is 2.28. The van der Waals surface area contributed by atoms with Gasteiger partial charge < -0.3 is 5.32 Å². The van der Waals surface area contributed by atoms with Crippen LogP contribution in [0.25, 0.3) is 0 Å². The van der Waals surface area contributed by atoms with Gasteiger partial charge in [0, 0.05) is 23.4 Å². The Morgan fingerprint density at radius 1 is 0.970 bits per heavy atom. The Hall–Kier alpha value is -2.69. The summed E-state index contributed by atoms with van der Waals surface area (Å²) in [6, 6.07) is 12.4. The van der Waals surface area contributed by atoms with Crippen molar-refractivity contribution >= 4 is 15.9 Å². The Morgan fingerprint density at radius 3 is 2.21 bits per heavy atom. The van der Waals surface area contributed by atoms with Crippen LogP contribution in [-0.2, 0) is 14.8 Å². The van der Waals surface area contributed by atoms with Crippen molar-refractivity contribution in [1.29, 1.82) is 0 Å². The number of halogens is 1. The maximum atomic E-state index is 13.1. The topological polar surface area (TPSA) is 75.3 Å². The SMILES string of the molecule is C[C@@H](NC(=O)C1CCC(NS(=O)(=O)c2ccc(C#CC3CC3)cc2)CC1)c1ccc(F)cc1. The van der Waals surface area contributed by atoms with Crippen LogP contribution in [0.1, 0.15) is 62.6 Å². The molecule has 0 spiro atoms. The molecule has 0 aromatic heterocycles. The maximum Gasteiger partial charge on any atom is 0.240 e. The van der Waals surface area contributed by atoms with Crippen molar-refractivity contribution in [3.8, 4) is 11.8 Å². The molecule has 2 saturated carbocycles. The molecule has 2 aliphatic carbocycles. The van der Waals surface area contributed by atoms with Gasteiger partial charge >= 0.3 is 0 Å². The second kappa shape index (κ2) is 10.1. The van der Waals surface area contributed by atoms with Gasteiger partial charge in [0.1, 0.15) is 5.82 Å². The molecular weight excluding hydrogens is 439 g/mol. The highest BCUT2D eigenvalue weighted by atomic mass is 32.2. The molecule has 0 radical (unpaired) electrons. The smallest absolute Gasteiger partial charge is 0.240 e. The van der Waals surface area contributed by atoms with Crippen molar-refractivity contribution in [2.45, 2.75) is 62.4 Å². The summed E-state index contributed by atoms with van der Waals surface area (Å²) in [5.41, 5.74) is 1.66. The van der Waals surface area contributed by atoms with Crippen LogP contribution in [0.2, 0.25) is 0 Å². The first kappa shape index (κ1) is 23.5. The van der Waals surface area contributed by atoms with Gasteiger partial charge in [-0.15, -0.1) is 0 Å². The van der Waals surface area contributed by atoms with Crippen LogP contribution < -0.4 is 10.0 Å². The third kappa shape index (κ3) is 6.43. The normalized spacial score (nSPS) is 21.5. The fourth-order valence-electron chi connectivity index (χ4n) is 4.06. The van der Waals surface area contributed by atoms with Crippen molar-refractivity contribution < 1.29 is 17.6 Å². The molecule has 2 fully saturated rings. The molecule has 5 nitrogen and oxygen atoms in total. The van der Waals surface area contributed by atoms with E-state index in [4.69, 9.17) is 0 Å². The minimum absolute atomic E-state index is 0.0453. The number of benzene rings is 2. The lowest BCUT2D eigenvalue weighted by Crippen LogP contribution is -2.41. The van der Waals surface area contributed by atoms with E-state index >= 15 is 0 Å². The lowest BCUT2D eigenvalue weighted by atomic mass is 9.85. The van der Waals surface area contributed by atoms with E-state index < -0.39 is 10.0 Å². The molecule has 0 aliphatic heterocycles. The summed E-state index contributed by atoms with van der Waals surface area (Å²) in [6.45, 7) is 1.87. The Labute approximate surface area is 195 Å². The van der Waals surface area contributed by atoms with Crippen molar-refractivity contribution in [2.75, 3.05) is 0 Å². The van der Waals surface area contributed by atoms with E-state index in [9.17, 15) is 17.6 Å². The molecule has 0 saturated heterocycles. The first-order chi connectivity index (χ1) is 15.8. The average Bonchev–Trinajstić information content (AvgIpc) is 3.63. The quantitative estimate of drug-likeness (QED) is 0.621. The van der Waals surface area contributed by atoms with Crippen molar-refractivity contribution in [2.24, 2.45) is 11.8 Å². The summed E-state index contributed by atoms with van der Waals surface area (Å²) in [5, 5.41) is 2.99. The van der Waals surface area contributed by atoms with Crippen molar-refractivity contribution in [3.05, 3.63) is 65.5 Å². The second-order valence-corrected chi connectivity index (χ2v) is 10.7. The highest BCUT2D eigenvalue weighted by Gasteiger charge is 2.29. The fraction of sp³-hybridized carbons (Fsp3) is 0.423. The molecule has 2 N–H and O–H groups in total. The van der Waals surface area contributed by atoms with Crippen molar-refractivity contribution in [1.82, 2.24) is 10.0 Å².